The molecule has 1 rings (SSSR count). The number of nitrogens with one attached hydrogen (secondary N) is 1. The first-order chi connectivity index (χ1) is 4.43. The Morgan fingerprint density at radius 2 is 2.67 bits per heavy atom. The van der Waals surface area contributed by atoms with E-state index in [-0.39, 0.29) is 0 Å². The molecule has 0 radical (unpaired) electrons. The van der Waals surface area contributed by atoms with Crippen LogP contribution < -0.4 is 5.32 Å². The van der Waals surface area contributed by atoms with Crippen molar-refractivity contribution in [2.24, 2.45) is 5.92 Å². The number of rotatable bonds is 3. The van der Waals surface area contributed by atoms with Crippen LogP contribution in [0.1, 0.15) is 6.42 Å². The minimum atomic E-state index is 0.762. The van der Waals surface area contributed by atoms with Crippen molar-refractivity contribution in [3.05, 3.63) is 0 Å². The van der Waals surface area contributed by atoms with E-state index in [0.717, 1.165) is 19.1 Å². The van der Waals surface area contributed by atoms with Gasteiger partial charge in [-0.25, -0.2) is 0 Å². The maximum atomic E-state index is 5.19. The SMILES string of the molecule is CSOCC1CCNC1. The molecule has 0 aromatic rings. The first-order valence-corrected chi connectivity index (χ1v) is 4.45. The van der Waals surface area contributed by atoms with Crippen LogP contribution in [-0.2, 0) is 4.18 Å². The molecule has 1 aliphatic rings. The van der Waals surface area contributed by atoms with Crippen LogP contribution in [0, 0.1) is 5.92 Å². The number of hydrogen-bond acceptors (Lipinski definition) is 3. The largest absolute Gasteiger partial charge is 0.316 e. The smallest absolute Gasteiger partial charge is 0.0654 e. The van der Waals surface area contributed by atoms with Crippen LogP contribution in [-0.4, -0.2) is 26.0 Å². The Labute approximate surface area is 60.6 Å². The third kappa shape index (κ3) is 2.56. The summed E-state index contributed by atoms with van der Waals surface area (Å²) in [6.45, 7) is 3.22. The lowest BCUT2D eigenvalue weighted by Crippen LogP contribution is -2.12. The minimum Gasteiger partial charge on any atom is -0.316 e. The lowest BCUT2D eigenvalue weighted by molar-refractivity contribution is 0.302. The second-order valence-corrected chi connectivity index (χ2v) is 2.88. The lowest BCUT2D eigenvalue weighted by atomic mass is 10.1. The van der Waals surface area contributed by atoms with Gasteiger partial charge in [0.2, 0.25) is 0 Å². The highest BCUT2D eigenvalue weighted by atomic mass is 32.2. The van der Waals surface area contributed by atoms with E-state index in [0.29, 0.717) is 0 Å². The lowest BCUT2D eigenvalue weighted by Gasteiger charge is -2.04. The summed E-state index contributed by atoms with van der Waals surface area (Å²) in [7, 11) is 0. The van der Waals surface area contributed by atoms with Crippen molar-refractivity contribution in [3.63, 3.8) is 0 Å². The third-order valence-corrected chi connectivity index (χ3v) is 1.96. The molecular formula is C6H13NOS. The second kappa shape index (κ2) is 4.14. The fourth-order valence-electron chi connectivity index (χ4n) is 1.02. The molecule has 0 aromatic carbocycles. The van der Waals surface area contributed by atoms with Crippen molar-refractivity contribution in [3.8, 4) is 0 Å². The maximum absolute atomic E-state index is 5.19. The van der Waals surface area contributed by atoms with Gasteiger partial charge < -0.3 is 9.50 Å². The fraction of sp³-hybridized carbons (Fsp3) is 1.00. The van der Waals surface area contributed by atoms with E-state index in [1.54, 1.807) is 0 Å². The minimum absolute atomic E-state index is 0.762. The normalized spacial score (nSPS) is 27.0. The van der Waals surface area contributed by atoms with Crippen molar-refractivity contribution in [2.75, 3.05) is 26.0 Å². The Morgan fingerprint density at radius 1 is 1.78 bits per heavy atom. The van der Waals surface area contributed by atoms with E-state index in [1.165, 1.54) is 25.0 Å². The van der Waals surface area contributed by atoms with Gasteiger partial charge in [0.15, 0.2) is 0 Å². The van der Waals surface area contributed by atoms with Crippen LogP contribution >= 0.6 is 12.0 Å². The molecule has 0 aliphatic carbocycles. The molecule has 0 aromatic heterocycles. The van der Waals surface area contributed by atoms with E-state index < -0.39 is 0 Å². The molecular weight excluding hydrogens is 134 g/mol. The summed E-state index contributed by atoms with van der Waals surface area (Å²) >= 11 is 1.46. The van der Waals surface area contributed by atoms with Crippen LogP contribution in [0.4, 0.5) is 0 Å². The molecule has 0 saturated carbocycles. The summed E-state index contributed by atoms with van der Waals surface area (Å²) in [5, 5.41) is 3.29. The highest BCUT2D eigenvalue weighted by Gasteiger charge is 2.13. The zero-order valence-electron chi connectivity index (χ0n) is 5.72. The molecule has 0 bridgehead atoms. The standard InChI is InChI=1S/C6H13NOS/c1-9-8-5-6-2-3-7-4-6/h6-7H,2-5H2,1H3. The first-order valence-electron chi connectivity index (χ1n) is 3.30. The predicted octanol–water partition coefficient (Wildman–Crippen LogP) is 0.890. The Balaban J connectivity index is 1.98. The molecule has 1 saturated heterocycles. The summed E-state index contributed by atoms with van der Waals surface area (Å²) in [5.41, 5.74) is 0. The van der Waals surface area contributed by atoms with Gasteiger partial charge in [0.1, 0.15) is 0 Å². The topological polar surface area (TPSA) is 21.3 Å². The van der Waals surface area contributed by atoms with Crippen molar-refractivity contribution < 1.29 is 4.18 Å². The molecule has 54 valence electrons. The van der Waals surface area contributed by atoms with Gasteiger partial charge in [0, 0.05) is 12.8 Å². The first kappa shape index (κ1) is 7.38. The van der Waals surface area contributed by atoms with Gasteiger partial charge in [-0.3, -0.25) is 0 Å². The highest BCUT2D eigenvalue weighted by molar-refractivity contribution is 7.93. The summed E-state index contributed by atoms with van der Waals surface area (Å²) in [6, 6.07) is 0. The monoisotopic (exact) mass is 147 g/mol. The summed E-state index contributed by atoms with van der Waals surface area (Å²) in [6.07, 6.45) is 3.24. The molecule has 0 amide bonds. The molecule has 0 spiro atoms. The van der Waals surface area contributed by atoms with Crippen molar-refractivity contribution >= 4 is 12.0 Å². The average molecular weight is 147 g/mol. The zero-order valence-corrected chi connectivity index (χ0v) is 6.54. The summed E-state index contributed by atoms with van der Waals surface area (Å²) in [5.74, 6) is 0.762. The molecule has 1 N–H and O–H groups in total. The van der Waals surface area contributed by atoms with Crippen LogP contribution in [0.5, 0.6) is 0 Å². The average Bonchev–Trinajstić information content (AvgIpc) is 2.34. The van der Waals surface area contributed by atoms with Crippen molar-refractivity contribution in [2.45, 2.75) is 6.42 Å². The third-order valence-electron chi connectivity index (χ3n) is 1.58. The summed E-state index contributed by atoms with van der Waals surface area (Å²) in [4.78, 5) is 0. The van der Waals surface area contributed by atoms with E-state index in [1.807, 2.05) is 6.26 Å². The maximum Gasteiger partial charge on any atom is 0.0654 e. The molecule has 1 heterocycles. The van der Waals surface area contributed by atoms with Crippen LogP contribution in [0.15, 0.2) is 0 Å². The quantitative estimate of drug-likeness (QED) is 0.599. The van der Waals surface area contributed by atoms with E-state index in [4.69, 9.17) is 4.18 Å². The van der Waals surface area contributed by atoms with E-state index >= 15 is 0 Å². The Bertz CT molecular complexity index is 73.5. The van der Waals surface area contributed by atoms with Crippen molar-refractivity contribution in [1.82, 2.24) is 5.32 Å². The van der Waals surface area contributed by atoms with Crippen molar-refractivity contribution in [1.29, 1.82) is 0 Å². The van der Waals surface area contributed by atoms with Gasteiger partial charge in [-0.1, -0.05) is 0 Å². The molecule has 9 heavy (non-hydrogen) atoms. The summed E-state index contributed by atoms with van der Waals surface area (Å²) < 4.78 is 5.19. The number of hydrogen-bond donors (Lipinski definition) is 1. The van der Waals surface area contributed by atoms with Crippen LogP contribution in [0.3, 0.4) is 0 Å². The van der Waals surface area contributed by atoms with Gasteiger partial charge in [-0.15, -0.1) is 0 Å². The molecule has 1 fully saturated rings. The fourth-order valence-corrected chi connectivity index (χ4v) is 1.35. The molecule has 1 aliphatic heterocycles. The highest BCUT2D eigenvalue weighted by Crippen LogP contribution is 2.09. The van der Waals surface area contributed by atoms with E-state index in [9.17, 15) is 0 Å². The van der Waals surface area contributed by atoms with Gasteiger partial charge in [-0.05, 0) is 30.9 Å². The molecule has 1 unspecified atom stereocenters. The van der Waals surface area contributed by atoms with Gasteiger partial charge in [-0.2, -0.15) is 0 Å². The molecule has 2 nitrogen and oxygen atoms in total. The van der Waals surface area contributed by atoms with E-state index in [2.05, 4.69) is 5.32 Å². The molecule has 3 heteroatoms. The zero-order chi connectivity index (χ0) is 6.53. The van der Waals surface area contributed by atoms with Crippen LogP contribution in [0.25, 0.3) is 0 Å². The molecule has 1 atom stereocenters. The van der Waals surface area contributed by atoms with Crippen LogP contribution in [0.2, 0.25) is 0 Å². The van der Waals surface area contributed by atoms with Gasteiger partial charge >= 0.3 is 0 Å². The Kier molecular flexibility index (Phi) is 3.40. The predicted molar refractivity (Wildman–Crippen MR) is 40.4 cm³/mol. The second-order valence-electron chi connectivity index (χ2n) is 2.31. The Hall–Kier alpha value is 0.270. The Morgan fingerprint density at radius 3 is 3.22 bits per heavy atom. The van der Waals surface area contributed by atoms with Gasteiger partial charge in [0.25, 0.3) is 0 Å². The van der Waals surface area contributed by atoms with Gasteiger partial charge in [0.05, 0.1) is 6.61 Å².